The summed E-state index contributed by atoms with van der Waals surface area (Å²) in [5.74, 6) is -2.67. The van der Waals surface area contributed by atoms with E-state index >= 15 is 0 Å². The molecular formula is C74H58Br4N12O19S8-4. The molecule has 0 aliphatic rings. The minimum atomic E-state index is -5.28. The summed E-state index contributed by atoms with van der Waals surface area (Å²) in [6.45, 7) is -0.662. The molecule has 10 aromatic carbocycles. The number of rotatable bonds is 28. The Bertz CT molecular complexity index is 5900. The van der Waals surface area contributed by atoms with E-state index in [0.717, 1.165) is 82.5 Å². The van der Waals surface area contributed by atoms with E-state index in [1.165, 1.54) is 70.5 Å². The molecule has 0 saturated carbocycles. The minimum Gasteiger partial charge on any atom is -0.744 e. The van der Waals surface area contributed by atoms with Crippen molar-refractivity contribution in [2.45, 2.75) is 19.6 Å². The summed E-state index contributed by atoms with van der Waals surface area (Å²) in [5, 5.41) is 68.9. The molecule has 0 aromatic heterocycles. The summed E-state index contributed by atoms with van der Waals surface area (Å²) < 4.78 is 159. The number of phenols is 4. The Morgan fingerprint density at radius 1 is 0.402 bits per heavy atom. The lowest BCUT2D eigenvalue weighted by Crippen LogP contribution is -2.41. The maximum Gasteiger partial charge on any atom is 0.260 e. The van der Waals surface area contributed by atoms with Gasteiger partial charge in [0, 0.05) is 58.3 Å². The molecule has 0 heterocycles. The number of thiocarbonyl (C=S) groups is 4. The van der Waals surface area contributed by atoms with Crippen LogP contribution < -0.4 is 52.6 Å². The van der Waals surface area contributed by atoms with Crippen molar-refractivity contribution in [1.82, 2.24) is 21.5 Å². The quantitative estimate of drug-likeness (QED) is 0.00541. The third kappa shape index (κ3) is 24.1. The van der Waals surface area contributed by atoms with Gasteiger partial charge in [-0.05, 0) is 241 Å². The van der Waals surface area contributed by atoms with Crippen LogP contribution in [0.4, 0.5) is 34.1 Å². The third-order valence-electron chi connectivity index (χ3n) is 16.5. The zero-order valence-electron chi connectivity index (χ0n) is 59.4. The van der Waals surface area contributed by atoms with Gasteiger partial charge in [-0.2, -0.15) is 10.2 Å². The fraction of sp³-hybridized carbons (Fsp3) is 0.0811. The topological polar surface area (TPSA) is 481 Å². The van der Waals surface area contributed by atoms with Crippen LogP contribution in [-0.4, -0.2) is 156 Å². The van der Waals surface area contributed by atoms with Crippen LogP contribution in [0.3, 0.4) is 0 Å². The Kier molecular flexibility index (Phi) is 29.8. The molecule has 43 heteroatoms. The first kappa shape index (κ1) is 89.3. The number of hydrogen-bond donors (Lipinski definition) is 12. The van der Waals surface area contributed by atoms with Gasteiger partial charge in [-0.1, -0.05) is 109 Å². The number of carbonyl (C=O) groups excluding carboxylic acids is 2. The highest BCUT2D eigenvalue weighted by molar-refractivity contribution is 9.11. The number of nitrogens with zero attached hydrogens (tertiary/aromatic N) is 4. The van der Waals surface area contributed by atoms with Gasteiger partial charge in [-0.25, -0.2) is 44.5 Å². The number of benzene rings is 10. The molecular weight excluding hydrogens is 1940 g/mol. The van der Waals surface area contributed by atoms with Crippen molar-refractivity contribution in [2.24, 2.45) is 10.2 Å². The Morgan fingerprint density at radius 2 is 0.709 bits per heavy atom. The Balaban J connectivity index is 0.710. The van der Waals surface area contributed by atoms with E-state index in [-0.39, 0.29) is 144 Å². The number of phenolic OH excluding ortho intramolecular Hbond substituents is 4. The number of fused-ring (bicyclic) bond motifs is 2. The number of anilines is 6. The lowest BCUT2D eigenvalue weighted by Gasteiger charge is -2.26. The van der Waals surface area contributed by atoms with Gasteiger partial charge in [0.25, 0.3) is 11.8 Å². The maximum atomic E-state index is 13.4. The van der Waals surface area contributed by atoms with E-state index in [4.69, 9.17) is 53.6 Å². The molecule has 0 bridgehead atoms. The maximum absolute atomic E-state index is 13.4. The summed E-state index contributed by atoms with van der Waals surface area (Å²) in [4.78, 5) is 26.6. The minimum absolute atomic E-state index is 0.0202. The van der Waals surface area contributed by atoms with Crippen molar-refractivity contribution in [3.63, 3.8) is 0 Å². The summed E-state index contributed by atoms with van der Waals surface area (Å²) >= 11 is 34.8. The molecule has 10 rings (SSSR count). The van der Waals surface area contributed by atoms with Gasteiger partial charge >= 0.3 is 0 Å². The molecule has 12 N–H and O–H groups in total. The molecule has 0 radical (unpaired) electrons. The Morgan fingerprint density at radius 3 is 1.03 bits per heavy atom. The van der Waals surface area contributed by atoms with E-state index in [1.54, 1.807) is 48.5 Å². The number of hydrazone groups is 2. The largest absolute Gasteiger partial charge is 0.744 e. The highest BCUT2D eigenvalue weighted by Gasteiger charge is 2.23. The van der Waals surface area contributed by atoms with E-state index in [2.05, 4.69) is 117 Å². The fourth-order valence-corrected chi connectivity index (χ4v) is 17.0. The predicted molar refractivity (Wildman–Crippen MR) is 472 cm³/mol. The van der Waals surface area contributed by atoms with E-state index < -0.39 is 85.0 Å². The number of amides is 2. The lowest BCUT2D eigenvalue weighted by atomic mass is 10.1. The van der Waals surface area contributed by atoms with Crippen LogP contribution in [0, 0.1) is 0 Å². The van der Waals surface area contributed by atoms with Crippen LogP contribution in [0.15, 0.2) is 218 Å². The number of hydrogen-bond acceptors (Lipinski definition) is 25. The van der Waals surface area contributed by atoms with Gasteiger partial charge in [0.2, 0.25) is 0 Å². The second kappa shape index (κ2) is 39.0. The molecule has 10 aromatic rings. The number of aromatic hydroxyl groups is 4. The smallest absolute Gasteiger partial charge is 0.260 e. The highest BCUT2D eigenvalue weighted by atomic mass is 79.9. The standard InChI is InChI=1S/C74H62Br4N12O19S8/c75-57-31-49(67(93)65(77)69(57)95)37-81-87-63(91)39-89(55-23-17-41-5-1-3-7-47(41)29-55)73(112)85-53-21-15-45(61(35-53)116(103,104)105)11-9-43-13-19-51(33-59(43)114(97,98)99)83-71(110)79-25-27-109-28-26-80-72(111)84-52-20-14-44(60(34-52)115(100,101)102)10-12-46-16-22-54(36-62(46)117(106,107)108)86-74(113)90(56-24-18-42-6-2-4-8-48(42)30-56)40-64(92)88-82-38-50-32-58(76)70(96)66(78)68(50)94/h1-24,29-38,93-96H,25-28,39-40H2,(H,85,112)(H,86,113)(H,87,91)(H,88,92)(H2,79,83,110)(H2,80,84,111)(H,97,98,99)(H,100,101,102)(H,103,104,105)(H,106,107,108)/p-4/b11-9+,12-10+,81-37-,82-38-. The highest BCUT2D eigenvalue weighted by Crippen LogP contribution is 2.42. The summed E-state index contributed by atoms with van der Waals surface area (Å²) in [6, 6.07) is 42.1. The molecule has 2 amide bonds. The SMILES string of the molecule is O=C(CN(C(=S)Nc1ccc(/C=C/c2ccc(NC(=S)NCCOCCNC(=S)Nc3ccc(/C=C/c4ccc(NC(=S)N(CC(=O)N/N=C\c5cc(Br)c(O)c(Br)c5O)c5ccc6ccccc6c5)cc4S(=O)(=O)[O-])c(S(=O)(=O)[O-])c3)cc2S(=O)(=O)[O-])c(S(=O)(=O)[O-])c1)c1ccc2ccccc2c1)N/N=C\c1cc(Br)c(O)c(Br)c1O. The number of ether oxygens (including phenoxy) is 1. The first-order valence-corrected chi connectivity index (χ1v) is 43.7. The number of nitrogens with one attached hydrogen (secondary N) is 8. The van der Waals surface area contributed by atoms with Crippen LogP contribution in [0.25, 0.3) is 45.8 Å². The average molecular weight is 2000 g/mol. The van der Waals surface area contributed by atoms with Crippen LogP contribution >= 0.6 is 113 Å². The molecule has 0 atom stereocenters. The summed E-state index contributed by atoms with van der Waals surface area (Å²) in [6.07, 6.45) is 6.72. The van der Waals surface area contributed by atoms with E-state index in [0.29, 0.717) is 11.4 Å². The van der Waals surface area contributed by atoms with E-state index in [1.807, 2.05) is 36.4 Å². The summed E-state index contributed by atoms with van der Waals surface area (Å²) in [7, 11) is -21.0. The normalized spacial score (nSPS) is 12.0. The van der Waals surface area contributed by atoms with Crippen LogP contribution in [-0.2, 0) is 54.8 Å². The molecule has 31 nitrogen and oxygen atoms in total. The predicted octanol–water partition coefficient (Wildman–Crippen LogP) is 11.8. The number of carbonyl (C=O) groups is 2. The monoisotopic (exact) mass is 1990 g/mol. The molecule has 0 aliphatic heterocycles. The van der Waals surface area contributed by atoms with Crippen molar-refractivity contribution in [3.05, 3.63) is 221 Å². The Hall–Kier alpha value is -10.0. The molecule has 0 aliphatic carbocycles. The molecule has 0 saturated heterocycles. The van der Waals surface area contributed by atoms with Gasteiger partial charge in [-0.3, -0.25) is 9.59 Å². The van der Waals surface area contributed by atoms with Crippen molar-refractivity contribution >= 4 is 278 Å². The second-order valence-electron chi connectivity index (χ2n) is 24.5. The van der Waals surface area contributed by atoms with Crippen molar-refractivity contribution in [2.75, 3.05) is 70.5 Å². The first-order valence-electron chi connectivity index (χ1n) is 33.3. The zero-order valence-corrected chi connectivity index (χ0v) is 72.2. The lowest BCUT2D eigenvalue weighted by molar-refractivity contribution is -0.120. The molecule has 0 fully saturated rings. The average Bonchev–Trinajstić information content (AvgIpc) is 0.785. The second-order valence-corrected chi connectivity index (χ2v) is 34.7. The van der Waals surface area contributed by atoms with Gasteiger partial charge in [-0.15, -0.1) is 0 Å². The molecule has 608 valence electrons. The number of halogens is 4. The van der Waals surface area contributed by atoms with Crippen LogP contribution in [0.1, 0.15) is 33.4 Å². The van der Waals surface area contributed by atoms with Crippen LogP contribution in [0.5, 0.6) is 23.0 Å². The first-order chi connectivity index (χ1) is 55.3. The van der Waals surface area contributed by atoms with E-state index in [9.17, 15) is 81.9 Å². The van der Waals surface area contributed by atoms with Crippen molar-refractivity contribution in [1.29, 1.82) is 0 Å². The summed E-state index contributed by atoms with van der Waals surface area (Å²) in [5.41, 5.74) is 4.98. The van der Waals surface area contributed by atoms with Gasteiger partial charge in [0.15, 0.2) is 20.4 Å². The van der Waals surface area contributed by atoms with Gasteiger partial charge < -0.3 is 85.1 Å². The van der Waals surface area contributed by atoms with Crippen LogP contribution in [0.2, 0.25) is 0 Å². The van der Waals surface area contributed by atoms with Crippen molar-refractivity contribution < 1.29 is 86.6 Å². The Labute approximate surface area is 723 Å². The van der Waals surface area contributed by atoms with Gasteiger partial charge in [0.1, 0.15) is 85.5 Å². The zero-order chi connectivity index (χ0) is 84.8. The van der Waals surface area contributed by atoms with Crippen molar-refractivity contribution in [3.8, 4) is 23.0 Å². The van der Waals surface area contributed by atoms with Gasteiger partial charge in [0.05, 0.1) is 54.2 Å². The fourth-order valence-electron chi connectivity index (χ4n) is 10.9. The third-order valence-corrected chi connectivity index (χ3v) is 23.9. The molecule has 0 unspecified atom stereocenters. The molecule has 0 spiro atoms. The molecule has 117 heavy (non-hydrogen) atoms.